The van der Waals surface area contributed by atoms with Gasteiger partial charge < -0.3 is 10.6 Å². The van der Waals surface area contributed by atoms with Crippen LogP contribution in [0.5, 0.6) is 0 Å². The van der Waals surface area contributed by atoms with E-state index in [4.69, 9.17) is 0 Å². The minimum Gasteiger partial charge on any atom is -0.345 e. The van der Waals surface area contributed by atoms with Gasteiger partial charge in [-0.3, -0.25) is 0 Å². The van der Waals surface area contributed by atoms with Crippen molar-refractivity contribution in [3.8, 4) is 0 Å². The summed E-state index contributed by atoms with van der Waals surface area (Å²) in [6.45, 7) is 9.04. The molecule has 0 atom stereocenters. The number of piperidine rings is 1. The Bertz CT molecular complexity index is 679. The fraction of sp³-hybridized carbons (Fsp3) is 0.474. The van der Waals surface area contributed by atoms with Crippen LogP contribution in [0.4, 0.5) is 5.95 Å². The highest BCUT2D eigenvalue weighted by Gasteiger charge is 2.48. The lowest BCUT2D eigenvalue weighted by Gasteiger charge is -2.53. The Kier molecular flexibility index (Phi) is 4.43. The van der Waals surface area contributed by atoms with Crippen molar-refractivity contribution in [1.82, 2.24) is 15.3 Å². The van der Waals surface area contributed by atoms with Gasteiger partial charge in [0, 0.05) is 27.9 Å². The molecule has 0 aliphatic carbocycles. The normalized spacial score (nSPS) is 21.2. The summed E-state index contributed by atoms with van der Waals surface area (Å²) < 4.78 is 1.09. The number of nitrogens with zero attached hydrogens (tertiary/aromatic N) is 2. The van der Waals surface area contributed by atoms with Gasteiger partial charge in [-0.2, -0.15) is 0 Å². The topological polar surface area (TPSA) is 49.8 Å². The molecule has 5 heteroatoms. The molecule has 1 aromatic heterocycles. The highest BCUT2D eigenvalue weighted by Crippen LogP contribution is 2.44. The monoisotopic (exact) mass is 388 g/mol. The average Bonchev–Trinajstić information content (AvgIpc) is 2.45. The van der Waals surface area contributed by atoms with Crippen molar-refractivity contribution >= 4 is 21.9 Å². The van der Waals surface area contributed by atoms with Crippen LogP contribution in [0, 0.1) is 0 Å². The summed E-state index contributed by atoms with van der Waals surface area (Å²) in [6, 6.07) is 10.4. The van der Waals surface area contributed by atoms with Crippen molar-refractivity contribution < 1.29 is 0 Å². The largest absolute Gasteiger partial charge is 0.345 e. The van der Waals surface area contributed by atoms with Gasteiger partial charge in [-0.05, 0) is 64.3 Å². The zero-order valence-corrected chi connectivity index (χ0v) is 16.3. The second-order valence-electron chi connectivity index (χ2n) is 8.03. The van der Waals surface area contributed by atoms with E-state index in [-0.39, 0.29) is 16.6 Å². The number of benzene rings is 1. The van der Waals surface area contributed by atoms with Gasteiger partial charge >= 0.3 is 0 Å². The molecule has 1 fully saturated rings. The maximum atomic E-state index is 4.40. The maximum absolute atomic E-state index is 4.40. The zero-order chi connectivity index (χ0) is 17.4. The van der Waals surface area contributed by atoms with Crippen LogP contribution in [-0.4, -0.2) is 21.0 Å². The molecule has 0 amide bonds. The van der Waals surface area contributed by atoms with Gasteiger partial charge in [0.2, 0.25) is 5.95 Å². The van der Waals surface area contributed by atoms with Gasteiger partial charge in [-0.15, -0.1) is 0 Å². The van der Waals surface area contributed by atoms with Crippen molar-refractivity contribution in [2.75, 3.05) is 5.32 Å². The molecule has 128 valence electrons. The molecule has 3 rings (SSSR count). The number of hydrogen-bond donors (Lipinski definition) is 2. The predicted molar refractivity (Wildman–Crippen MR) is 102 cm³/mol. The Labute approximate surface area is 152 Å². The van der Waals surface area contributed by atoms with Crippen molar-refractivity contribution in [3.05, 3.63) is 52.8 Å². The highest BCUT2D eigenvalue weighted by atomic mass is 79.9. The SMILES string of the molecule is CC1(C)CC(Nc2ncccn2)(c2ccc(Br)cc2)CC(C)(C)N1. The van der Waals surface area contributed by atoms with E-state index >= 15 is 0 Å². The van der Waals surface area contributed by atoms with Crippen LogP contribution in [0.2, 0.25) is 0 Å². The molecule has 2 aromatic rings. The first-order valence-corrected chi connectivity index (χ1v) is 9.10. The molecule has 0 spiro atoms. The first-order chi connectivity index (χ1) is 11.2. The first-order valence-electron chi connectivity index (χ1n) is 8.30. The summed E-state index contributed by atoms with van der Waals surface area (Å²) in [5.41, 5.74) is 1.04. The number of hydrogen-bond acceptors (Lipinski definition) is 4. The van der Waals surface area contributed by atoms with Crippen LogP contribution >= 0.6 is 15.9 Å². The van der Waals surface area contributed by atoms with Crippen molar-refractivity contribution in [2.45, 2.75) is 57.2 Å². The van der Waals surface area contributed by atoms with E-state index in [1.807, 2.05) is 6.07 Å². The lowest BCUT2D eigenvalue weighted by molar-refractivity contribution is 0.116. The van der Waals surface area contributed by atoms with Crippen molar-refractivity contribution in [2.24, 2.45) is 0 Å². The molecule has 0 unspecified atom stereocenters. The highest BCUT2D eigenvalue weighted by molar-refractivity contribution is 9.10. The predicted octanol–water partition coefficient (Wildman–Crippen LogP) is 4.49. The van der Waals surface area contributed by atoms with E-state index in [2.05, 4.69) is 88.5 Å². The molecule has 2 N–H and O–H groups in total. The summed E-state index contributed by atoms with van der Waals surface area (Å²) in [7, 11) is 0. The number of aromatic nitrogens is 2. The quantitative estimate of drug-likeness (QED) is 0.812. The van der Waals surface area contributed by atoms with E-state index in [1.54, 1.807) is 12.4 Å². The zero-order valence-electron chi connectivity index (χ0n) is 14.7. The third-order valence-corrected chi connectivity index (χ3v) is 5.01. The van der Waals surface area contributed by atoms with Crippen molar-refractivity contribution in [3.63, 3.8) is 0 Å². The first kappa shape index (κ1) is 17.4. The molecule has 0 radical (unpaired) electrons. The van der Waals surface area contributed by atoms with Crippen LogP contribution < -0.4 is 10.6 Å². The summed E-state index contributed by atoms with van der Waals surface area (Å²) >= 11 is 3.54. The minimum atomic E-state index is -0.222. The van der Waals surface area contributed by atoms with E-state index in [0.717, 1.165) is 17.3 Å². The van der Waals surface area contributed by atoms with Crippen LogP contribution in [0.3, 0.4) is 0 Å². The number of nitrogens with one attached hydrogen (secondary N) is 2. The Morgan fingerprint density at radius 3 is 2.04 bits per heavy atom. The van der Waals surface area contributed by atoms with Crippen LogP contribution in [0.25, 0.3) is 0 Å². The molecule has 0 saturated carbocycles. The Balaban J connectivity index is 2.08. The van der Waals surface area contributed by atoms with Gasteiger partial charge in [0.25, 0.3) is 0 Å². The maximum Gasteiger partial charge on any atom is 0.223 e. The van der Waals surface area contributed by atoms with Gasteiger partial charge in [0.15, 0.2) is 0 Å². The smallest absolute Gasteiger partial charge is 0.223 e. The molecule has 1 aliphatic rings. The molecule has 2 heterocycles. The molecule has 4 nitrogen and oxygen atoms in total. The second kappa shape index (κ2) is 6.12. The Morgan fingerprint density at radius 1 is 0.958 bits per heavy atom. The Morgan fingerprint density at radius 2 is 1.50 bits per heavy atom. The average molecular weight is 389 g/mol. The number of anilines is 1. The standard InChI is InChI=1S/C19H25BrN4/c1-17(2)12-19(13-18(3,4)24-17,14-6-8-15(20)9-7-14)23-16-21-10-5-11-22-16/h5-11,24H,12-13H2,1-4H3,(H,21,22,23). The molecule has 0 bridgehead atoms. The number of rotatable bonds is 3. The summed E-state index contributed by atoms with van der Waals surface area (Å²) in [6.07, 6.45) is 5.45. The van der Waals surface area contributed by atoms with E-state index in [0.29, 0.717) is 5.95 Å². The minimum absolute atomic E-state index is 0.00337. The van der Waals surface area contributed by atoms with Gasteiger partial charge in [-0.1, -0.05) is 28.1 Å². The Hall–Kier alpha value is -1.46. The molecule has 24 heavy (non-hydrogen) atoms. The lowest BCUT2D eigenvalue weighted by atomic mass is 9.68. The fourth-order valence-corrected chi connectivity index (χ4v) is 4.55. The molecule has 1 aromatic carbocycles. The summed E-state index contributed by atoms with van der Waals surface area (Å²) in [5.74, 6) is 0.675. The lowest BCUT2D eigenvalue weighted by Crippen LogP contribution is -2.64. The second-order valence-corrected chi connectivity index (χ2v) is 8.95. The van der Waals surface area contributed by atoms with Gasteiger partial charge in [-0.25, -0.2) is 9.97 Å². The van der Waals surface area contributed by atoms with E-state index < -0.39 is 0 Å². The molecule has 1 aliphatic heterocycles. The summed E-state index contributed by atoms with van der Waals surface area (Å²) in [4.78, 5) is 8.81. The summed E-state index contributed by atoms with van der Waals surface area (Å²) in [5, 5.41) is 7.43. The third-order valence-electron chi connectivity index (χ3n) is 4.48. The third kappa shape index (κ3) is 3.78. The fourth-order valence-electron chi connectivity index (χ4n) is 4.29. The van der Waals surface area contributed by atoms with Crippen molar-refractivity contribution in [1.29, 1.82) is 0 Å². The van der Waals surface area contributed by atoms with Crippen LogP contribution in [0.15, 0.2) is 47.2 Å². The molecular formula is C19H25BrN4. The van der Waals surface area contributed by atoms with Gasteiger partial charge in [0.1, 0.15) is 0 Å². The molecule has 1 saturated heterocycles. The van der Waals surface area contributed by atoms with Crippen LogP contribution in [-0.2, 0) is 5.54 Å². The van der Waals surface area contributed by atoms with Gasteiger partial charge in [0.05, 0.1) is 5.54 Å². The van der Waals surface area contributed by atoms with E-state index in [1.165, 1.54) is 5.56 Å². The number of halogens is 1. The molecular weight excluding hydrogens is 364 g/mol. The van der Waals surface area contributed by atoms with Crippen LogP contribution in [0.1, 0.15) is 46.1 Å². The van der Waals surface area contributed by atoms with E-state index in [9.17, 15) is 0 Å².